The molecule has 2 aromatic rings. The minimum Gasteiger partial charge on any atom is -0.271 e. The van der Waals surface area contributed by atoms with Gasteiger partial charge in [-0.2, -0.15) is 0 Å². The number of hydrogen-bond acceptors (Lipinski definition) is 2. The molecule has 2 rings (SSSR count). The Morgan fingerprint density at radius 3 is 1.63 bits per heavy atom. The molecule has 0 fully saturated rings. The van der Waals surface area contributed by atoms with Gasteiger partial charge in [-0.05, 0) is 29.5 Å². The van der Waals surface area contributed by atoms with Crippen LogP contribution in [0.5, 0.6) is 0 Å². The van der Waals surface area contributed by atoms with Crippen molar-refractivity contribution in [3.05, 3.63) is 70.8 Å². The van der Waals surface area contributed by atoms with Gasteiger partial charge >= 0.3 is 0 Å². The van der Waals surface area contributed by atoms with Crippen molar-refractivity contribution in [3.8, 4) is 0 Å². The summed E-state index contributed by atoms with van der Waals surface area (Å²) in [7, 11) is 0. The fourth-order valence-electron chi connectivity index (χ4n) is 2.22. The third kappa shape index (κ3) is 3.22. The Morgan fingerprint density at radius 2 is 1.21 bits per heavy atom. The predicted molar refractivity (Wildman–Crippen MR) is 80.9 cm³/mol. The lowest BCUT2D eigenvalue weighted by Crippen LogP contribution is -2.28. The molecule has 3 N–H and O–H groups in total. The van der Waals surface area contributed by atoms with Crippen LogP contribution < -0.4 is 11.3 Å². The summed E-state index contributed by atoms with van der Waals surface area (Å²) in [5.74, 6) is 6.28. The number of hydrazine groups is 1. The second kappa shape index (κ2) is 6.00. The highest BCUT2D eigenvalue weighted by atomic mass is 15.2. The van der Waals surface area contributed by atoms with E-state index >= 15 is 0 Å². The molecular formula is C17H22N2. The molecule has 0 saturated heterocycles. The van der Waals surface area contributed by atoms with Crippen molar-refractivity contribution in [1.82, 2.24) is 5.43 Å². The summed E-state index contributed by atoms with van der Waals surface area (Å²) in [6, 6.07) is 17.2. The van der Waals surface area contributed by atoms with Gasteiger partial charge in [-0.15, -0.1) is 0 Å². The molecule has 0 saturated carbocycles. The Bertz CT molecular complexity index is 512. The Kier molecular flexibility index (Phi) is 4.35. The predicted octanol–water partition coefficient (Wildman–Crippen LogP) is 3.67. The lowest BCUT2D eigenvalue weighted by Gasteiger charge is -2.18. The van der Waals surface area contributed by atoms with Crippen LogP contribution in [-0.4, -0.2) is 0 Å². The molecule has 100 valence electrons. The zero-order chi connectivity index (χ0) is 13.8. The molecule has 0 aromatic heterocycles. The first-order valence-electron chi connectivity index (χ1n) is 6.74. The molecule has 0 aliphatic carbocycles. The van der Waals surface area contributed by atoms with E-state index in [4.69, 9.17) is 5.84 Å². The van der Waals surface area contributed by atoms with E-state index in [1.54, 1.807) is 0 Å². The van der Waals surface area contributed by atoms with E-state index in [0.717, 1.165) is 0 Å². The number of benzene rings is 2. The molecule has 2 heteroatoms. The van der Waals surface area contributed by atoms with Crippen LogP contribution in [0.2, 0.25) is 0 Å². The van der Waals surface area contributed by atoms with Crippen molar-refractivity contribution in [2.75, 3.05) is 0 Å². The summed E-state index contributed by atoms with van der Waals surface area (Å²) in [5, 5.41) is 0. The van der Waals surface area contributed by atoms with E-state index in [0.29, 0.717) is 5.92 Å². The number of hydrogen-bond donors (Lipinski definition) is 2. The first-order valence-corrected chi connectivity index (χ1v) is 6.74. The molecule has 19 heavy (non-hydrogen) atoms. The number of nitrogens with two attached hydrogens (primary N) is 1. The van der Waals surface area contributed by atoms with Gasteiger partial charge < -0.3 is 0 Å². The van der Waals surface area contributed by atoms with Crippen LogP contribution in [0, 0.1) is 6.92 Å². The third-order valence-corrected chi connectivity index (χ3v) is 3.51. The van der Waals surface area contributed by atoms with Crippen molar-refractivity contribution in [3.63, 3.8) is 0 Å². The van der Waals surface area contributed by atoms with Crippen LogP contribution >= 0.6 is 0 Å². The monoisotopic (exact) mass is 254 g/mol. The summed E-state index contributed by atoms with van der Waals surface area (Å²) >= 11 is 0. The van der Waals surface area contributed by atoms with Crippen molar-refractivity contribution in [2.24, 2.45) is 5.84 Å². The topological polar surface area (TPSA) is 38.0 Å². The Hall–Kier alpha value is -1.64. The smallest absolute Gasteiger partial charge is 0.0710 e. The van der Waals surface area contributed by atoms with E-state index in [1.165, 1.54) is 22.3 Å². The largest absolute Gasteiger partial charge is 0.271 e. The maximum absolute atomic E-state index is 5.72. The van der Waals surface area contributed by atoms with Crippen molar-refractivity contribution in [2.45, 2.75) is 32.7 Å². The molecule has 0 radical (unpaired) electrons. The zero-order valence-electron chi connectivity index (χ0n) is 11.9. The van der Waals surface area contributed by atoms with Crippen LogP contribution in [0.1, 0.15) is 48.1 Å². The lowest BCUT2D eigenvalue weighted by molar-refractivity contribution is 0.636. The number of nitrogens with one attached hydrogen (secondary N) is 1. The number of aryl methyl sites for hydroxylation is 1. The minimum atomic E-state index is 0.0433. The molecule has 2 aromatic carbocycles. The molecule has 1 unspecified atom stereocenters. The van der Waals surface area contributed by atoms with Crippen LogP contribution in [0.4, 0.5) is 0 Å². The van der Waals surface area contributed by atoms with E-state index in [9.17, 15) is 0 Å². The highest BCUT2D eigenvalue weighted by Crippen LogP contribution is 2.23. The summed E-state index contributed by atoms with van der Waals surface area (Å²) in [5.41, 5.74) is 7.89. The molecule has 0 aliphatic heterocycles. The number of rotatable bonds is 4. The summed E-state index contributed by atoms with van der Waals surface area (Å²) in [6.07, 6.45) is 0. The summed E-state index contributed by atoms with van der Waals surface area (Å²) < 4.78 is 0. The van der Waals surface area contributed by atoms with Crippen molar-refractivity contribution in [1.29, 1.82) is 0 Å². The highest BCUT2D eigenvalue weighted by molar-refractivity contribution is 5.35. The quantitative estimate of drug-likeness (QED) is 0.645. The van der Waals surface area contributed by atoms with Gasteiger partial charge in [0, 0.05) is 0 Å². The minimum absolute atomic E-state index is 0.0433. The van der Waals surface area contributed by atoms with Gasteiger partial charge in [0.05, 0.1) is 6.04 Å². The lowest BCUT2D eigenvalue weighted by atomic mass is 9.95. The molecule has 1 atom stereocenters. The van der Waals surface area contributed by atoms with Crippen LogP contribution in [0.25, 0.3) is 0 Å². The van der Waals surface area contributed by atoms with Crippen LogP contribution in [-0.2, 0) is 0 Å². The van der Waals surface area contributed by atoms with Gasteiger partial charge in [-0.3, -0.25) is 5.84 Å². The normalized spacial score (nSPS) is 12.7. The maximum atomic E-state index is 5.72. The first kappa shape index (κ1) is 13.8. The van der Waals surface area contributed by atoms with Gasteiger partial charge in [0.1, 0.15) is 0 Å². The van der Waals surface area contributed by atoms with E-state index in [-0.39, 0.29) is 6.04 Å². The Balaban J connectivity index is 2.28. The maximum Gasteiger partial charge on any atom is 0.0710 e. The van der Waals surface area contributed by atoms with Gasteiger partial charge in [0.2, 0.25) is 0 Å². The van der Waals surface area contributed by atoms with Crippen LogP contribution in [0.3, 0.4) is 0 Å². The third-order valence-electron chi connectivity index (χ3n) is 3.51. The fourth-order valence-corrected chi connectivity index (χ4v) is 2.22. The summed E-state index contributed by atoms with van der Waals surface area (Å²) in [6.45, 7) is 6.49. The molecular weight excluding hydrogens is 232 g/mol. The Morgan fingerprint density at radius 1 is 0.789 bits per heavy atom. The van der Waals surface area contributed by atoms with E-state index in [2.05, 4.69) is 74.7 Å². The standard InChI is InChI=1S/C17H22N2/c1-12(2)14-8-10-16(11-9-14)17(19-18)15-6-4-13(3)5-7-15/h4-12,17,19H,18H2,1-3H3. The van der Waals surface area contributed by atoms with Gasteiger partial charge in [-0.25, -0.2) is 5.43 Å². The summed E-state index contributed by atoms with van der Waals surface area (Å²) in [4.78, 5) is 0. The molecule has 0 aliphatic rings. The van der Waals surface area contributed by atoms with Gasteiger partial charge in [0.25, 0.3) is 0 Å². The average Bonchev–Trinajstić information content (AvgIpc) is 2.42. The van der Waals surface area contributed by atoms with E-state index in [1.807, 2.05) is 0 Å². The molecule has 0 amide bonds. The highest BCUT2D eigenvalue weighted by Gasteiger charge is 2.12. The van der Waals surface area contributed by atoms with E-state index < -0.39 is 0 Å². The second-order valence-electron chi connectivity index (χ2n) is 5.33. The van der Waals surface area contributed by atoms with Crippen molar-refractivity contribution >= 4 is 0 Å². The zero-order valence-corrected chi connectivity index (χ0v) is 11.9. The van der Waals surface area contributed by atoms with Crippen LogP contribution in [0.15, 0.2) is 48.5 Å². The molecule has 0 spiro atoms. The molecule has 2 nitrogen and oxygen atoms in total. The first-order chi connectivity index (χ1) is 9.11. The van der Waals surface area contributed by atoms with Crippen molar-refractivity contribution < 1.29 is 0 Å². The SMILES string of the molecule is Cc1ccc(C(NN)c2ccc(C(C)C)cc2)cc1. The second-order valence-corrected chi connectivity index (χ2v) is 5.33. The molecule has 0 bridgehead atoms. The molecule has 0 heterocycles. The van der Waals surface area contributed by atoms with Gasteiger partial charge in [-0.1, -0.05) is 67.9 Å². The Labute approximate surface area is 115 Å². The van der Waals surface area contributed by atoms with Gasteiger partial charge in [0.15, 0.2) is 0 Å². The average molecular weight is 254 g/mol. The fraction of sp³-hybridized carbons (Fsp3) is 0.294.